The Bertz CT molecular complexity index is 582. The Kier molecular flexibility index (Phi) is 3.21. The Hall–Kier alpha value is -1.76. The van der Waals surface area contributed by atoms with E-state index >= 15 is 0 Å². The number of hydrogen-bond acceptors (Lipinski definition) is 1. The fourth-order valence-electron chi connectivity index (χ4n) is 4.17. The minimum atomic E-state index is 0.477. The zero-order chi connectivity index (χ0) is 14.2. The van der Waals surface area contributed by atoms with E-state index in [1.54, 1.807) is 11.3 Å². The number of hydrogen-bond donors (Lipinski definition) is 0. The first-order chi connectivity index (χ1) is 10.3. The Morgan fingerprint density at radius 2 is 1.43 bits per heavy atom. The SMILES string of the molecule is CC1C(N2CCCC2)=CC(C2C=CC=C2)=C1C1C=CC=C1. The molecule has 0 N–H and O–H groups in total. The maximum absolute atomic E-state index is 2.61. The third kappa shape index (κ3) is 2.16. The molecular weight excluding hydrogens is 254 g/mol. The molecule has 0 aromatic heterocycles. The molecule has 21 heavy (non-hydrogen) atoms. The molecule has 0 amide bonds. The van der Waals surface area contributed by atoms with Gasteiger partial charge in [-0.15, -0.1) is 0 Å². The standard InChI is InChI=1S/C20H23N/c1-15-19(21-12-6-7-13-21)14-18(16-8-2-3-9-16)20(15)17-10-4-5-11-17/h2-5,8-11,14-17H,6-7,12-13H2,1H3. The molecule has 108 valence electrons. The lowest BCUT2D eigenvalue weighted by molar-refractivity contribution is 0.387. The Morgan fingerprint density at radius 1 is 0.857 bits per heavy atom. The lowest BCUT2D eigenvalue weighted by Crippen LogP contribution is -2.23. The van der Waals surface area contributed by atoms with E-state index in [1.807, 2.05) is 0 Å². The number of rotatable bonds is 3. The van der Waals surface area contributed by atoms with Gasteiger partial charge in [0.1, 0.15) is 0 Å². The summed E-state index contributed by atoms with van der Waals surface area (Å²) in [5, 5.41) is 0. The normalized spacial score (nSPS) is 28.7. The summed E-state index contributed by atoms with van der Waals surface area (Å²) in [7, 11) is 0. The summed E-state index contributed by atoms with van der Waals surface area (Å²) in [6.45, 7) is 4.88. The van der Waals surface area contributed by atoms with E-state index in [0.717, 1.165) is 0 Å². The zero-order valence-corrected chi connectivity index (χ0v) is 12.7. The van der Waals surface area contributed by atoms with Crippen LogP contribution in [0.4, 0.5) is 0 Å². The van der Waals surface area contributed by atoms with Crippen molar-refractivity contribution < 1.29 is 0 Å². The van der Waals surface area contributed by atoms with E-state index in [-0.39, 0.29) is 0 Å². The highest BCUT2D eigenvalue weighted by atomic mass is 15.2. The highest BCUT2D eigenvalue weighted by Gasteiger charge is 2.33. The lowest BCUT2D eigenvalue weighted by Gasteiger charge is -2.26. The van der Waals surface area contributed by atoms with E-state index in [4.69, 9.17) is 0 Å². The molecule has 0 bridgehead atoms. The fraction of sp³-hybridized carbons (Fsp3) is 0.400. The number of likely N-dealkylation sites (tertiary alicyclic amines) is 1. The van der Waals surface area contributed by atoms with Crippen molar-refractivity contribution in [3.05, 3.63) is 71.5 Å². The van der Waals surface area contributed by atoms with Gasteiger partial charge in [-0.2, -0.15) is 0 Å². The van der Waals surface area contributed by atoms with Gasteiger partial charge in [-0.25, -0.2) is 0 Å². The highest BCUT2D eigenvalue weighted by Crippen LogP contribution is 2.44. The maximum Gasteiger partial charge on any atom is 0.0206 e. The molecule has 1 aliphatic heterocycles. The van der Waals surface area contributed by atoms with Crippen molar-refractivity contribution in [2.45, 2.75) is 19.8 Å². The maximum atomic E-state index is 2.61. The fourth-order valence-corrected chi connectivity index (χ4v) is 4.17. The molecular formula is C20H23N. The molecule has 1 heteroatoms. The monoisotopic (exact) mass is 277 g/mol. The summed E-state index contributed by atoms with van der Waals surface area (Å²) in [5.74, 6) is 1.52. The summed E-state index contributed by atoms with van der Waals surface area (Å²) in [5.41, 5.74) is 4.71. The van der Waals surface area contributed by atoms with Crippen LogP contribution in [-0.2, 0) is 0 Å². The van der Waals surface area contributed by atoms with E-state index in [0.29, 0.717) is 17.8 Å². The van der Waals surface area contributed by atoms with Crippen LogP contribution < -0.4 is 0 Å². The smallest absolute Gasteiger partial charge is 0.0206 e. The van der Waals surface area contributed by atoms with Crippen LogP contribution in [0.3, 0.4) is 0 Å². The Morgan fingerprint density at radius 3 is 2.05 bits per heavy atom. The van der Waals surface area contributed by atoms with Crippen LogP contribution in [0.15, 0.2) is 71.5 Å². The van der Waals surface area contributed by atoms with E-state index < -0.39 is 0 Å². The molecule has 4 aliphatic rings. The second kappa shape index (κ2) is 5.22. The predicted molar refractivity (Wildman–Crippen MR) is 88.6 cm³/mol. The first kappa shape index (κ1) is 12.9. The van der Waals surface area contributed by atoms with Gasteiger partial charge < -0.3 is 4.90 Å². The van der Waals surface area contributed by atoms with Gasteiger partial charge in [0, 0.05) is 36.5 Å². The van der Waals surface area contributed by atoms with Crippen LogP contribution in [-0.4, -0.2) is 18.0 Å². The topological polar surface area (TPSA) is 3.24 Å². The van der Waals surface area contributed by atoms with Gasteiger partial charge in [-0.1, -0.05) is 55.5 Å². The molecule has 1 nitrogen and oxygen atoms in total. The molecule has 0 aromatic rings. The first-order valence-electron chi connectivity index (χ1n) is 8.25. The molecule has 1 atom stereocenters. The van der Waals surface area contributed by atoms with E-state index in [2.05, 4.69) is 66.5 Å². The average molecular weight is 277 g/mol. The third-order valence-electron chi connectivity index (χ3n) is 5.23. The highest BCUT2D eigenvalue weighted by molar-refractivity contribution is 5.51. The summed E-state index contributed by atoms with van der Waals surface area (Å²) in [6.07, 6.45) is 23.3. The summed E-state index contributed by atoms with van der Waals surface area (Å²) in [6, 6.07) is 0. The summed E-state index contributed by atoms with van der Waals surface area (Å²) >= 11 is 0. The van der Waals surface area contributed by atoms with Gasteiger partial charge in [0.15, 0.2) is 0 Å². The third-order valence-corrected chi connectivity index (χ3v) is 5.23. The van der Waals surface area contributed by atoms with E-state index in [9.17, 15) is 0 Å². The predicted octanol–water partition coefficient (Wildman–Crippen LogP) is 4.40. The van der Waals surface area contributed by atoms with E-state index in [1.165, 1.54) is 31.5 Å². The molecule has 4 rings (SSSR count). The van der Waals surface area contributed by atoms with Gasteiger partial charge in [-0.3, -0.25) is 0 Å². The second-order valence-electron chi connectivity index (χ2n) is 6.49. The minimum Gasteiger partial charge on any atom is -0.374 e. The van der Waals surface area contributed by atoms with Crippen LogP contribution in [0.2, 0.25) is 0 Å². The van der Waals surface area contributed by atoms with Crippen molar-refractivity contribution in [2.24, 2.45) is 17.8 Å². The molecule has 0 saturated carbocycles. The molecule has 0 spiro atoms. The van der Waals surface area contributed by atoms with Crippen molar-refractivity contribution in [1.29, 1.82) is 0 Å². The van der Waals surface area contributed by atoms with Gasteiger partial charge in [0.25, 0.3) is 0 Å². The second-order valence-corrected chi connectivity index (χ2v) is 6.49. The van der Waals surface area contributed by atoms with Crippen molar-refractivity contribution in [1.82, 2.24) is 4.90 Å². The van der Waals surface area contributed by atoms with Crippen LogP contribution >= 0.6 is 0 Å². The molecule has 3 aliphatic carbocycles. The van der Waals surface area contributed by atoms with Gasteiger partial charge in [0.2, 0.25) is 0 Å². The summed E-state index contributed by atoms with van der Waals surface area (Å²) < 4.78 is 0. The minimum absolute atomic E-state index is 0.477. The number of allylic oxidation sites excluding steroid dienone is 11. The lowest BCUT2D eigenvalue weighted by atomic mass is 9.85. The molecule has 1 saturated heterocycles. The van der Waals surface area contributed by atoms with Crippen molar-refractivity contribution in [3.8, 4) is 0 Å². The molecule has 1 fully saturated rings. The van der Waals surface area contributed by atoms with Crippen LogP contribution in [0, 0.1) is 17.8 Å². The Labute approximate surface area is 127 Å². The molecule has 0 aromatic carbocycles. The molecule has 1 unspecified atom stereocenters. The number of nitrogens with zero attached hydrogens (tertiary/aromatic N) is 1. The zero-order valence-electron chi connectivity index (χ0n) is 12.7. The van der Waals surface area contributed by atoms with Gasteiger partial charge in [-0.05, 0) is 30.1 Å². The quantitative estimate of drug-likeness (QED) is 0.739. The largest absolute Gasteiger partial charge is 0.374 e. The van der Waals surface area contributed by atoms with Crippen molar-refractivity contribution >= 4 is 0 Å². The summed E-state index contributed by atoms with van der Waals surface area (Å²) in [4.78, 5) is 2.61. The van der Waals surface area contributed by atoms with Crippen molar-refractivity contribution in [3.63, 3.8) is 0 Å². The first-order valence-corrected chi connectivity index (χ1v) is 8.25. The average Bonchev–Trinajstić information content (AvgIpc) is 3.27. The molecule has 0 radical (unpaired) electrons. The van der Waals surface area contributed by atoms with Crippen LogP contribution in [0.1, 0.15) is 19.8 Å². The van der Waals surface area contributed by atoms with Crippen molar-refractivity contribution in [2.75, 3.05) is 13.1 Å². The van der Waals surface area contributed by atoms with Crippen LogP contribution in [0.25, 0.3) is 0 Å². The van der Waals surface area contributed by atoms with Gasteiger partial charge in [0.05, 0.1) is 0 Å². The Balaban J connectivity index is 1.71. The van der Waals surface area contributed by atoms with Crippen LogP contribution in [0.5, 0.6) is 0 Å². The van der Waals surface area contributed by atoms with Gasteiger partial charge >= 0.3 is 0 Å². The molecule has 1 heterocycles.